The molecule has 0 unspecified atom stereocenters. The summed E-state index contributed by atoms with van der Waals surface area (Å²) in [4.78, 5) is 10.6. The average Bonchev–Trinajstić information content (AvgIpc) is 3.41. The van der Waals surface area contributed by atoms with Crippen molar-refractivity contribution in [2.45, 2.75) is 63.0 Å². The fourth-order valence-corrected chi connectivity index (χ4v) is 6.39. The Morgan fingerprint density at radius 2 is 1.92 bits per heavy atom. The highest BCUT2D eigenvalue weighted by atomic mass is 79.9. The second kappa shape index (κ2) is 9.40. The van der Waals surface area contributed by atoms with E-state index < -0.39 is 40.5 Å². The maximum absolute atomic E-state index is 13.2. The lowest BCUT2D eigenvalue weighted by molar-refractivity contribution is -0.214. The fourth-order valence-electron chi connectivity index (χ4n) is 4.61. The number of nitrogens with zero attached hydrogens (tertiary/aromatic N) is 5. The Morgan fingerprint density at radius 3 is 2.62 bits per heavy atom. The van der Waals surface area contributed by atoms with E-state index in [0.29, 0.717) is 27.1 Å². The quantitative estimate of drug-likeness (QED) is 0.240. The summed E-state index contributed by atoms with van der Waals surface area (Å²) in [6.45, 7) is 7.15. The third kappa shape index (κ3) is 4.91. The lowest BCUT2D eigenvalue weighted by Crippen LogP contribution is -2.33. The van der Waals surface area contributed by atoms with Crippen molar-refractivity contribution in [1.29, 1.82) is 0 Å². The number of hydrogen-bond donors (Lipinski definition) is 0. The van der Waals surface area contributed by atoms with Gasteiger partial charge in [0.15, 0.2) is 11.6 Å². The molecule has 4 heterocycles. The van der Waals surface area contributed by atoms with Gasteiger partial charge in [0.25, 0.3) is 10.1 Å². The van der Waals surface area contributed by atoms with Crippen LogP contribution in [0.25, 0.3) is 5.52 Å². The van der Waals surface area contributed by atoms with Gasteiger partial charge in [-0.25, -0.2) is 18.7 Å². The molecule has 2 aromatic heterocycles. The first-order chi connectivity index (χ1) is 17.4. The minimum Gasteiger partial charge on any atom is -0.369 e. The van der Waals surface area contributed by atoms with Gasteiger partial charge >= 0.3 is 0 Å². The predicted molar refractivity (Wildman–Crippen MR) is 138 cm³/mol. The molecule has 2 fully saturated rings. The van der Waals surface area contributed by atoms with Crippen LogP contribution < -0.4 is 0 Å². The zero-order valence-electron chi connectivity index (χ0n) is 21.2. The number of aliphatic imine (C=N–C) groups is 1. The predicted octanol–water partition coefficient (Wildman–Crippen LogP) is 3.65. The Hall–Kier alpha value is -2.42. The van der Waals surface area contributed by atoms with E-state index in [1.165, 1.54) is 12.4 Å². The molecule has 0 aliphatic carbocycles. The minimum atomic E-state index is -4.16. The third-order valence-corrected chi connectivity index (χ3v) is 8.10. The van der Waals surface area contributed by atoms with Crippen LogP contribution in [0.3, 0.4) is 0 Å². The zero-order valence-corrected chi connectivity index (χ0v) is 23.6. The minimum absolute atomic E-state index is 0.0758. The van der Waals surface area contributed by atoms with Crippen molar-refractivity contribution in [2.75, 3.05) is 14.1 Å². The van der Waals surface area contributed by atoms with E-state index in [1.807, 2.05) is 27.1 Å². The van der Waals surface area contributed by atoms with E-state index in [9.17, 15) is 8.42 Å². The molecule has 4 atom stereocenters. The lowest BCUT2D eigenvalue weighted by Gasteiger charge is -2.24. The molecule has 0 bridgehead atoms. The van der Waals surface area contributed by atoms with Crippen molar-refractivity contribution >= 4 is 43.7 Å². The van der Waals surface area contributed by atoms with Crippen molar-refractivity contribution in [1.82, 2.24) is 19.5 Å². The maximum atomic E-state index is 13.2. The summed E-state index contributed by atoms with van der Waals surface area (Å²) in [7, 11) is -0.439. The van der Waals surface area contributed by atoms with E-state index in [-0.39, 0.29) is 4.90 Å². The molecule has 2 aliphatic rings. The molecule has 3 aromatic rings. The molecule has 0 N–H and O–H groups in total. The van der Waals surface area contributed by atoms with Crippen molar-refractivity contribution < 1.29 is 26.8 Å². The first kappa shape index (κ1) is 26.2. The molecule has 37 heavy (non-hydrogen) atoms. The number of aromatic nitrogens is 3. The summed E-state index contributed by atoms with van der Waals surface area (Å²) in [6, 6.07) is 6.87. The second-order valence-corrected chi connectivity index (χ2v) is 12.2. The molecule has 0 amide bonds. The number of ether oxygens (including phenoxy) is 3. The van der Waals surface area contributed by atoms with Gasteiger partial charge < -0.3 is 19.1 Å². The SMILES string of the molecule is Cc1ccc(S(=O)(=O)O[C@H]2O[C@@H](c3cc(Br)c4c(/N=C/N(C)C)ncnn34)[C@@H]3OC(C)(C)O[C@@H]23)c(C)c1. The van der Waals surface area contributed by atoms with Gasteiger partial charge in [0.05, 0.1) is 16.9 Å². The van der Waals surface area contributed by atoms with Crippen LogP contribution in [0.4, 0.5) is 5.82 Å². The Labute approximate surface area is 223 Å². The summed E-state index contributed by atoms with van der Waals surface area (Å²) < 4.78 is 52.9. The molecule has 1 aromatic carbocycles. The van der Waals surface area contributed by atoms with Crippen LogP contribution in [0, 0.1) is 13.8 Å². The maximum Gasteiger partial charge on any atom is 0.299 e. The van der Waals surface area contributed by atoms with Crippen LogP contribution in [0.2, 0.25) is 0 Å². The normalized spacial score (nSPS) is 25.3. The Balaban J connectivity index is 1.52. The van der Waals surface area contributed by atoms with E-state index in [1.54, 1.807) is 48.7 Å². The van der Waals surface area contributed by atoms with E-state index >= 15 is 0 Å². The Kier molecular flexibility index (Phi) is 6.66. The fraction of sp³-hybridized carbons (Fsp3) is 0.458. The summed E-state index contributed by atoms with van der Waals surface area (Å²) in [5.41, 5.74) is 2.77. The molecule has 0 saturated carbocycles. The molecular weight excluding hydrogens is 566 g/mol. The summed E-state index contributed by atoms with van der Waals surface area (Å²) in [6.07, 6.45) is -0.389. The number of halogens is 1. The highest BCUT2D eigenvalue weighted by Crippen LogP contribution is 2.47. The average molecular weight is 594 g/mol. The topological polar surface area (TPSA) is 117 Å². The number of hydrogen-bond acceptors (Lipinski definition) is 9. The lowest BCUT2D eigenvalue weighted by atomic mass is 10.1. The first-order valence-electron chi connectivity index (χ1n) is 11.6. The van der Waals surface area contributed by atoms with Crippen LogP contribution in [-0.4, -0.2) is 72.6 Å². The molecular formula is C24H28BrN5O6S. The van der Waals surface area contributed by atoms with Crippen molar-refractivity contribution in [3.8, 4) is 0 Å². The van der Waals surface area contributed by atoms with Crippen molar-refractivity contribution in [2.24, 2.45) is 4.99 Å². The number of fused-ring (bicyclic) bond motifs is 2. The number of aryl methyl sites for hydroxylation is 2. The molecule has 0 radical (unpaired) electrons. The molecule has 13 heteroatoms. The van der Waals surface area contributed by atoms with E-state index in [0.717, 1.165) is 5.56 Å². The number of rotatable bonds is 6. The largest absolute Gasteiger partial charge is 0.369 e. The molecule has 0 spiro atoms. The first-order valence-corrected chi connectivity index (χ1v) is 13.8. The molecule has 2 aliphatic heterocycles. The van der Waals surface area contributed by atoms with E-state index in [4.69, 9.17) is 18.4 Å². The van der Waals surface area contributed by atoms with Gasteiger partial charge in [0.1, 0.15) is 30.2 Å². The van der Waals surface area contributed by atoms with Crippen LogP contribution in [0.5, 0.6) is 0 Å². The molecule has 5 rings (SSSR count). The van der Waals surface area contributed by atoms with Gasteiger partial charge in [0, 0.05) is 18.6 Å². The molecule has 2 saturated heterocycles. The van der Waals surface area contributed by atoms with Crippen LogP contribution in [-0.2, 0) is 28.5 Å². The standard InChI is InChI=1S/C24H28BrN5O6S/c1-13-7-8-17(14(2)9-13)37(31,32)36-23-21-20(34-24(3,4)35-21)19(33-23)16-10-15(25)18-22(27-12-29(5)6)26-11-28-30(16)18/h7-12,19-21,23H,1-6H3/b27-12+/t19-,20-,21+,23+/m0/s1. The second-order valence-electron chi connectivity index (χ2n) is 9.78. The molecule has 11 nitrogen and oxygen atoms in total. The van der Waals surface area contributed by atoms with Crippen LogP contribution in [0.1, 0.15) is 36.8 Å². The zero-order chi connectivity index (χ0) is 26.7. The van der Waals surface area contributed by atoms with Gasteiger partial charge in [0.2, 0.25) is 6.29 Å². The van der Waals surface area contributed by atoms with Gasteiger partial charge in [-0.05, 0) is 61.3 Å². The third-order valence-electron chi connectivity index (χ3n) is 6.05. The van der Waals surface area contributed by atoms with Crippen LogP contribution >= 0.6 is 15.9 Å². The number of benzene rings is 1. The summed E-state index contributed by atoms with van der Waals surface area (Å²) >= 11 is 3.58. The monoisotopic (exact) mass is 593 g/mol. The molecule has 198 valence electrons. The highest BCUT2D eigenvalue weighted by molar-refractivity contribution is 9.10. The van der Waals surface area contributed by atoms with Gasteiger partial charge in [-0.2, -0.15) is 13.5 Å². The summed E-state index contributed by atoms with van der Waals surface area (Å²) in [5.74, 6) is -0.520. The Bertz CT molecular complexity index is 1490. The van der Waals surface area contributed by atoms with Gasteiger partial charge in [-0.3, -0.25) is 0 Å². The van der Waals surface area contributed by atoms with Gasteiger partial charge in [-0.1, -0.05) is 17.7 Å². The highest BCUT2D eigenvalue weighted by Gasteiger charge is 2.58. The van der Waals surface area contributed by atoms with Crippen molar-refractivity contribution in [3.05, 3.63) is 51.9 Å². The summed E-state index contributed by atoms with van der Waals surface area (Å²) in [5, 5.41) is 4.40. The smallest absolute Gasteiger partial charge is 0.299 e. The Morgan fingerprint density at radius 1 is 1.19 bits per heavy atom. The van der Waals surface area contributed by atoms with Gasteiger partial charge in [-0.15, -0.1) is 0 Å². The van der Waals surface area contributed by atoms with Crippen LogP contribution in [0.15, 0.2) is 45.0 Å². The van der Waals surface area contributed by atoms with E-state index in [2.05, 4.69) is 31.0 Å². The van der Waals surface area contributed by atoms with Crippen molar-refractivity contribution in [3.63, 3.8) is 0 Å².